The van der Waals surface area contributed by atoms with Gasteiger partial charge in [0.15, 0.2) is 0 Å². The fourth-order valence-electron chi connectivity index (χ4n) is 2.05. The van der Waals surface area contributed by atoms with Gasteiger partial charge in [-0.3, -0.25) is 14.5 Å². The van der Waals surface area contributed by atoms with Crippen molar-refractivity contribution in [3.05, 3.63) is 24.3 Å². The predicted molar refractivity (Wildman–Crippen MR) is 67.6 cm³/mol. The van der Waals surface area contributed by atoms with E-state index in [0.717, 1.165) is 0 Å². The van der Waals surface area contributed by atoms with Gasteiger partial charge in [0, 0.05) is 5.69 Å². The molecule has 108 valence electrons. The molecular weight excluding hydrogens is 270 g/mol. The number of alkyl halides is 2. The molecule has 1 saturated heterocycles. The van der Waals surface area contributed by atoms with Gasteiger partial charge in [0.25, 0.3) is 0 Å². The molecule has 0 aromatic heterocycles. The average Bonchev–Trinajstić information content (AvgIpc) is 2.38. The lowest BCUT2D eigenvalue weighted by molar-refractivity contribution is -0.133. The molecule has 1 aromatic rings. The quantitative estimate of drug-likeness (QED) is 0.915. The molecule has 20 heavy (non-hydrogen) atoms. The fourth-order valence-corrected chi connectivity index (χ4v) is 2.05. The lowest BCUT2D eigenvalue weighted by atomic mass is 10.1. The van der Waals surface area contributed by atoms with E-state index in [1.807, 2.05) is 0 Å². The first kappa shape index (κ1) is 14.2. The number of hydrogen-bond acceptors (Lipinski definition) is 3. The minimum absolute atomic E-state index is 0.00152. The molecule has 2 rings (SSSR count). The van der Waals surface area contributed by atoms with Crippen LogP contribution in [-0.2, 0) is 9.59 Å². The number of halogens is 2. The number of rotatable bonds is 3. The second-order valence-corrected chi connectivity index (χ2v) is 4.49. The number of carbonyl (C=O) groups excluding carboxylic acids is 2. The number of carbonyl (C=O) groups is 2. The van der Waals surface area contributed by atoms with E-state index in [2.05, 4.69) is 10.1 Å². The predicted octanol–water partition coefficient (Wildman–Crippen LogP) is 1.53. The first-order valence-electron chi connectivity index (χ1n) is 6.08. The van der Waals surface area contributed by atoms with E-state index in [1.165, 1.54) is 29.2 Å². The molecule has 0 radical (unpaired) electrons. The van der Waals surface area contributed by atoms with Gasteiger partial charge in [0.05, 0.1) is 0 Å². The molecule has 2 atom stereocenters. The summed E-state index contributed by atoms with van der Waals surface area (Å²) in [4.78, 5) is 25.2. The Labute approximate surface area is 114 Å². The third kappa shape index (κ3) is 2.71. The van der Waals surface area contributed by atoms with Crippen LogP contribution in [0.5, 0.6) is 5.75 Å². The standard InChI is InChI=1S/C13H14F2N2O3/c1-7-12(19)17(8(2)11(18)16-7)9-3-5-10(6-4-9)20-13(14)15/h3-8,13H,1-2H3,(H,16,18). The Morgan fingerprint density at radius 2 is 1.80 bits per heavy atom. The topological polar surface area (TPSA) is 58.6 Å². The van der Waals surface area contributed by atoms with E-state index in [1.54, 1.807) is 13.8 Å². The van der Waals surface area contributed by atoms with Crippen molar-refractivity contribution < 1.29 is 23.1 Å². The molecule has 1 N–H and O–H groups in total. The summed E-state index contributed by atoms with van der Waals surface area (Å²) in [5, 5.41) is 2.56. The van der Waals surface area contributed by atoms with E-state index in [0.29, 0.717) is 5.69 Å². The normalized spacial score (nSPS) is 22.9. The molecule has 0 bridgehead atoms. The Morgan fingerprint density at radius 3 is 2.35 bits per heavy atom. The summed E-state index contributed by atoms with van der Waals surface area (Å²) in [5.41, 5.74) is 0.464. The minimum Gasteiger partial charge on any atom is -0.435 e. The highest BCUT2D eigenvalue weighted by molar-refractivity contribution is 6.07. The van der Waals surface area contributed by atoms with Crippen molar-refractivity contribution >= 4 is 17.5 Å². The maximum atomic E-state index is 12.1. The van der Waals surface area contributed by atoms with Crippen molar-refractivity contribution in [2.24, 2.45) is 0 Å². The van der Waals surface area contributed by atoms with Crippen LogP contribution in [-0.4, -0.2) is 30.5 Å². The van der Waals surface area contributed by atoms with Gasteiger partial charge >= 0.3 is 6.61 Å². The van der Waals surface area contributed by atoms with E-state index in [9.17, 15) is 18.4 Å². The molecule has 0 spiro atoms. The van der Waals surface area contributed by atoms with Crippen molar-refractivity contribution in [2.45, 2.75) is 32.5 Å². The number of anilines is 1. The summed E-state index contributed by atoms with van der Waals surface area (Å²) in [7, 11) is 0. The maximum absolute atomic E-state index is 12.1. The Bertz CT molecular complexity index is 519. The summed E-state index contributed by atoms with van der Waals surface area (Å²) in [6.07, 6.45) is 0. The molecule has 1 fully saturated rings. The van der Waals surface area contributed by atoms with Crippen LogP contribution < -0.4 is 15.0 Å². The lowest BCUT2D eigenvalue weighted by Crippen LogP contribution is -2.61. The van der Waals surface area contributed by atoms with Gasteiger partial charge in [-0.05, 0) is 38.1 Å². The summed E-state index contributed by atoms with van der Waals surface area (Å²) in [6, 6.07) is 4.34. The van der Waals surface area contributed by atoms with Gasteiger partial charge in [-0.1, -0.05) is 0 Å². The number of ether oxygens (including phenoxy) is 1. The fraction of sp³-hybridized carbons (Fsp3) is 0.385. The molecule has 1 aromatic carbocycles. The van der Waals surface area contributed by atoms with E-state index in [4.69, 9.17) is 0 Å². The second kappa shape index (κ2) is 5.44. The minimum atomic E-state index is -2.90. The van der Waals surface area contributed by atoms with Crippen LogP contribution in [0, 0.1) is 0 Å². The second-order valence-electron chi connectivity index (χ2n) is 4.49. The first-order valence-corrected chi connectivity index (χ1v) is 6.08. The highest BCUT2D eigenvalue weighted by Gasteiger charge is 2.36. The van der Waals surface area contributed by atoms with Crippen LogP contribution in [0.15, 0.2) is 24.3 Å². The van der Waals surface area contributed by atoms with Crippen LogP contribution in [0.2, 0.25) is 0 Å². The number of benzene rings is 1. The Hall–Kier alpha value is -2.18. The van der Waals surface area contributed by atoms with Crippen molar-refractivity contribution in [3.63, 3.8) is 0 Å². The highest BCUT2D eigenvalue weighted by atomic mass is 19.3. The lowest BCUT2D eigenvalue weighted by Gasteiger charge is -2.36. The van der Waals surface area contributed by atoms with Gasteiger partial charge in [-0.15, -0.1) is 0 Å². The number of nitrogens with one attached hydrogen (secondary N) is 1. The molecule has 1 aliphatic rings. The molecule has 7 heteroatoms. The van der Waals surface area contributed by atoms with Gasteiger partial charge in [-0.25, -0.2) is 0 Å². The summed E-state index contributed by atoms with van der Waals surface area (Å²) < 4.78 is 28.4. The summed E-state index contributed by atoms with van der Waals surface area (Å²) in [5.74, 6) is -0.511. The molecule has 1 aliphatic heterocycles. The molecule has 2 amide bonds. The van der Waals surface area contributed by atoms with E-state index >= 15 is 0 Å². The van der Waals surface area contributed by atoms with Crippen LogP contribution in [0.25, 0.3) is 0 Å². The number of hydrogen-bond donors (Lipinski definition) is 1. The maximum Gasteiger partial charge on any atom is 0.387 e. The molecular formula is C13H14F2N2O3. The number of nitrogens with zero attached hydrogens (tertiary/aromatic N) is 1. The Kier molecular flexibility index (Phi) is 3.87. The smallest absolute Gasteiger partial charge is 0.387 e. The number of amides is 2. The highest BCUT2D eigenvalue weighted by Crippen LogP contribution is 2.24. The van der Waals surface area contributed by atoms with Crippen LogP contribution in [0.1, 0.15) is 13.8 Å². The molecule has 0 aliphatic carbocycles. The zero-order chi connectivity index (χ0) is 14.9. The average molecular weight is 284 g/mol. The molecule has 2 unspecified atom stereocenters. The van der Waals surface area contributed by atoms with E-state index < -0.39 is 18.7 Å². The zero-order valence-corrected chi connectivity index (χ0v) is 11.0. The summed E-state index contributed by atoms with van der Waals surface area (Å²) >= 11 is 0. The number of piperazine rings is 1. The van der Waals surface area contributed by atoms with Gasteiger partial charge in [0.2, 0.25) is 11.8 Å². The summed E-state index contributed by atoms with van der Waals surface area (Å²) in [6.45, 7) is 0.290. The third-order valence-corrected chi connectivity index (χ3v) is 3.07. The Balaban J connectivity index is 2.25. The van der Waals surface area contributed by atoms with Crippen molar-refractivity contribution in [2.75, 3.05) is 4.90 Å². The zero-order valence-electron chi connectivity index (χ0n) is 11.0. The largest absolute Gasteiger partial charge is 0.435 e. The third-order valence-electron chi connectivity index (χ3n) is 3.07. The Morgan fingerprint density at radius 1 is 1.20 bits per heavy atom. The van der Waals surface area contributed by atoms with Gasteiger partial charge < -0.3 is 10.1 Å². The molecule has 1 heterocycles. The molecule has 5 nitrogen and oxygen atoms in total. The first-order chi connectivity index (χ1) is 9.40. The molecule has 0 saturated carbocycles. The van der Waals surface area contributed by atoms with Crippen LogP contribution in [0.4, 0.5) is 14.5 Å². The monoisotopic (exact) mass is 284 g/mol. The SMILES string of the molecule is CC1NC(=O)C(C)N(c2ccc(OC(F)F)cc2)C1=O. The van der Waals surface area contributed by atoms with Crippen LogP contribution in [0.3, 0.4) is 0 Å². The van der Waals surface area contributed by atoms with Crippen LogP contribution >= 0.6 is 0 Å². The van der Waals surface area contributed by atoms with Crippen molar-refractivity contribution in [1.29, 1.82) is 0 Å². The van der Waals surface area contributed by atoms with Crippen molar-refractivity contribution in [3.8, 4) is 5.75 Å². The van der Waals surface area contributed by atoms with E-state index in [-0.39, 0.29) is 17.6 Å². The van der Waals surface area contributed by atoms with Crippen molar-refractivity contribution in [1.82, 2.24) is 5.32 Å². The van der Waals surface area contributed by atoms with Gasteiger partial charge in [-0.2, -0.15) is 8.78 Å². The van der Waals surface area contributed by atoms with Gasteiger partial charge in [0.1, 0.15) is 17.8 Å².